The van der Waals surface area contributed by atoms with Gasteiger partial charge in [0.15, 0.2) is 0 Å². The molecule has 2 atom stereocenters. The molecule has 88 valence electrons. The van der Waals surface area contributed by atoms with Crippen molar-refractivity contribution in [3.05, 3.63) is 34.6 Å². The van der Waals surface area contributed by atoms with Crippen molar-refractivity contribution in [3.8, 4) is 0 Å². The molecule has 2 rings (SSSR count). The van der Waals surface area contributed by atoms with Gasteiger partial charge in [-0.1, -0.05) is 31.5 Å². The molecule has 1 nitrogen and oxygen atoms in total. The van der Waals surface area contributed by atoms with E-state index < -0.39 is 5.82 Å². The van der Waals surface area contributed by atoms with Crippen LogP contribution in [0.5, 0.6) is 0 Å². The standard InChI is InChI=1S/C13H16ClFO/c1-13(2)7-9(13)12(16)6-8-3-4-10(14)11(15)5-8/h3-5,9,12,16H,6-7H2,1-2H3. The van der Waals surface area contributed by atoms with Crippen LogP contribution in [0, 0.1) is 17.2 Å². The van der Waals surface area contributed by atoms with Crippen molar-refractivity contribution in [2.24, 2.45) is 11.3 Å². The first-order chi connectivity index (χ1) is 7.40. The van der Waals surface area contributed by atoms with Crippen LogP contribution in [0.3, 0.4) is 0 Å². The first-order valence-corrected chi connectivity index (χ1v) is 5.90. The molecule has 0 saturated heterocycles. The highest BCUT2D eigenvalue weighted by atomic mass is 35.5. The highest BCUT2D eigenvalue weighted by Crippen LogP contribution is 2.54. The molecule has 0 bridgehead atoms. The number of benzene rings is 1. The molecule has 0 aliphatic heterocycles. The largest absolute Gasteiger partial charge is 0.392 e. The van der Waals surface area contributed by atoms with Gasteiger partial charge in [0.25, 0.3) is 0 Å². The molecule has 1 aromatic carbocycles. The van der Waals surface area contributed by atoms with Crippen molar-refractivity contribution < 1.29 is 9.50 Å². The smallest absolute Gasteiger partial charge is 0.142 e. The summed E-state index contributed by atoms with van der Waals surface area (Å²) in [5, 5.41) is 10.1. The van der Waals surface area contributed by atoms with E-state index in [4.69, 9.17) is 11.6 Å². The second kappa shape index (κ2) is 4.01. The Hall–Kier alpha value is -0.600. The topological polar surface area (TPSA) is 20.2 Å². The minimum absolute atomic E-state index is 0.130. The third kappa shape index (κ3) is 2.38. The fraction of sp³-hybridized carbons (Fsp3) is 0.538. The Balaban J connectivity index is 2.02. The summed E-state index contributed by atoms with van der Waals surface area (Å²) in [6.07, 6.45) is 1.17. The maximum Gasteiger partial charge on any atom is 0.142 e. The Kier molecular flexibility index (Phi) is 2.97. The van der Waals surface area contributed by atoms with Gasteiger partial charge < -0.3 is 5.11 Å². The third-order valence-electron chi connectivity index (χ3n) is 3.48. The molecule has 0 radical (unpaired) electrons. The zero-order valence-electron chi connectivity index (χ0n) is 9.50. The van der Waals surface area contributed by atoms with Gasteiger partial charge in [0, 0.05) is 0 Å². The number of rotatable bonds is 3. The predicted molar refractivity (Wildman–Crippen MR) is 63.0 cm³/mol. The lowest BCUT2D eigenvalue weighted by Gasteiger charge is -2.12. The van der Waals surface area contributed by atoms with Crippen LogP contribution in [-0.2, 0) is 6.42 Å². The number of hydrogen-bond acceptors (Lipinski definition) is 1. The fourth-order valence-corrected chi connectivity index (χ4v) is 2.33. The molecule has 2 unspecified atom stereocenters. The van der Waals surface area contributed by atoms with Crippen LogP contribution < -0.4 is 0 Å². The van der Waals surface area contributed by atoms with Gasteiger partial charge in [0.1, 0.15) is 5.82 Å². The lowest BCUT2D eigenvalue weighted by molar-refractivity contribution is 0.137. The summed E-state index contributed by atoms with van der Waals surface area (Å²) >= 11 is 5.60. The highest BCUT2D eigenvalue weighted by Gasteiger charge is 2.49. The molecule has 1 fully saturated rings. The second-order valence-electron chi connectivity index (χ2n) is 5.32. The molecule has 1 saturated carbocycles. The summed E-state index contributed by atoms with van der Waals surface area (Å²) in [7, 11) is 0. The summed E-state index contributed by atoms with van der Waals surface area (Å²) in [4.78, 5) is 0. The summed E-state index contributed by atoms with van der Waals surface area (Å²) in [5.74, 6) is -0.0762. The average Bonchev–Trinajstić information content (AvgIpc) is 2.82. The molecule has 16 heavy (non-hydrogen) atoms. The SMILES string of the molecule is CC1(C)CC1C(O)Cc1ccc(Cl)c(F)c1. The molecule has 0 aromatic heterocycles. The van der Waals surface area contributed by atoms with Gasteiger partial charge in [-0.15, -0.1) is 0 Å². The second-order valence-corrected chi connectivity index (χ2v) is 5.73. The molecule has 3 heteroatoms. The van der Waals surface area contributed by atoms with Crippen molar-refractivity contribution in [2.45, 2.75) is 32.8 Å². The van der Waals surface area contributed by atoms with Gasteiger partial charge >= 0.3 is 0 Å². The van der Waals surface area contributed by atoms with Crippen LogP contribution >= 0.6 is 11.6 Å². The quantitative estimate of drug-likeness (QED) is 0.861. The van der Waals surface area contributed by atoms with E-state index in [0.717, 1.165) is 12.0 Å². The van der Waals surface area contributed by atoms with Crippen molar-refractivity contribution >= 4 is 11.6 Å². The van der Waals surface area contributed by atoms with Crippen LogP contribution in [0.1, 0.15) is 25.8 Å². The summed E-state index contributed by atoms with van der Waals surface area (Å²) < 4.78 is 13.2. The minimum Gasteiger partial charge on any atom is -0.392 e. The van der Waals surface area contributed by atoms with E-state index in [1.165, 1.54) is 12.1 Å². The van der Waals surface area contributed by atoms with E-state index >= 15 is 0 Å². The van der Waals surface area contributed by atoms with E-state index in [0.29, 0.717) is 12.3 Å². The van der Waals surface area contributed by atoms with Gasteiger partial charge in [0.05, 0.1) is 11.1 Å². The van der Waals surface area contributed by atoms with Gasteiger partial charge in [-0.2, -0.15) is 0 Å². The monoisotopic (exact) mass is 242 g/mol. The highest BCUT2D eigenvalue weighted by molar-refractivity contribution is 6.30. The number of halogens is 2. The summed E-state index contributed by atoms with van der Waals surface area (Å²) in [6.45, 7) is 4.28. The Bertz CT molecular complexity index is 403. The molecule has 1 aromatic rings. The molecule has 0 heterocycles. The van der Waals surface area contributed by atoms with Gasteiger partial charge in [-0.25, -0.2) is 4.39 Å². The molecule has 0 spiro atoms. The van der Waals surface area contributed by atoms with Crippen LogP contribution in [0.15, 0.2) is 18.2 Å². The average molecular weight is 243 g/mol. The molecular formula is C13H16ClFO. The first kappa shape index (κ1) is 11.9. The van der Waals surface area contributed by atoms with E-state index in [1.807, 2.05) is 0 Å². The minimum atomic E-state index is -0.415. The molecule has 1 aliphatic carbocycles. The predicted octanol–water partition coefficient (Wildman–Crippen LogP) is 3.43. The van der Waals surface area contributed by atoms with Crippen LogP contribution in [0.25, 0.3) is 0 Å². The normalized spacial score (nSPS) is 24.2. The zero-order chi connectivity index (χ0) is 11.9. The molecule has 0 amide bonds. The van der Waals surface area contributed by atoms with Gasteiger partial charge in [-0.05, 0) is 41.9 Å². The Labute approximate surface area is 100 Å². The molecule has 1 aliphatic rings. The van der Waals surface area contributed by atoms with Crippen LogP contribution in [0.2, 0.25) is 5.02 Å². The molecular weight excluding hydrogens is 227 g/mol. The Morgan fingerprint density at radius 3 is 2.69 bits per heavy atom. The van der Waals surface area contributed by atoms with E-state index in [9.17, 15) is 9.50 Å². The number of aliphatic hydroxyl groups is 1. The third-order valence-corrected chi connectivity index (χ3v) is 3.79. The van der Waals surface area contributed by atoms with Crippen molar-refractivity contribution in [2.75, 3.05) is 0 Å². The molecule has 1 N–H and O–H groups in total. The van der Waals surface area contributed by atoms with Crippen molar-refractivity contribution in [1.82, 2.24) is 0 Å². The number of hydrogen-bond donors (Lipinski definition) is 1. The Morgan fingerprint density at radius 2 is 2.19 bits per heavy atom. The van der Waals surface area contributed by atoms with Crippen molar-refractivity contribution in [1.29, 1.82) is 0 Å². The summed E-state index contributed by atoms with van der Waals surface area (Å²) in [5.41, 5.74) is 1.04. The van der Waals surface area contributed by atoms with Crippen LogP contribution in [0.4, 0.5) is 4.39 Å². The maximum absolute atomic E-state index is 13.2. The fourth-order valence-electron chi connectivity index (χ4n) is 2.22. The van der Waals surface area contributed by atoms with Crippen LogP contribution in [-0.4, -0.2) is 11.2 Å². The van der Waals surface area contributed by atoms with E-state index in [1.54, 1.807) is 6.07 Å². The summed E-state index contributed by atoms with van der Waals surface area (Å²) in [6, 6.07) is 4.71. The Morgan fingerprint density at radius 1 is 1.56 bits per heavy atom. The lowest BCUT2D eigenvalue weighted by atomic mass is 10.00. The van der Waals surface area contributed by atoms with Gasteiger partial charge in [-0.3, -0.25) is 0 Å². The first-order valence-electron chi connectivity index (χ1n) is 5.52. The lowest BCUT2D eigenvalue weighted by Crippen LogP contribution is -2.16. The number of aliphatic hydroxyl groups excluding tert-OH is 1. The van der Waals surface area contributed by atoms with Gasteiger partial charge in [0.2, 0.25) is 0 Å². The maximum atomic E-state index is 13.2. The van der Waals surface area contributed by atoms with E-state index in [-0.39, 0.29) is 16.5 Å². The zero-order valence-corrected chi connectivity index (χ0v) is 10.3. The van der Waals surface area contributed by atoms with E-state index in [2.05, 4.69) is 13.8 Å². The van der Waals surface area contributed by atoms with Crippen molar-refractivity contribution in [3.63, 3.8) is 0 Å².